The molecule has 1 fully saturated rings. The maximum Gasteiger partial charge on any atom is 0.343 e. The zero-order valence-corrected chi connectivity index (χ0v) is 11.0. The first kappa shape index (κ1) is 12.2. The van der Waals surface area contributed by atoms with Gasteiger partial charge in [-0.25, -0.2) is 9.79 Å². The average Bonchev–Trinajstić information content (AvgIpc) is 2.80. The Balaban J connectivity index is 2.23. The van der Waals surface area contributed by atoms with Crippen LogP contribution in [-0.4, -0.2) is 42.5 Å². The lowest BCUT2D eigenvalue weighted by Crippen LogP contribution is -2.48. The number of nitrogens with zero attached hydrogens (tertiary/aromatic N) is 2. The zero-order valence-electron chi connectivity index (χ0n) is 11.0. The molecule has 0 radical (unpaired) electrons. The Kier molecular flexibility index (Phi) is 2.60. The van der Waals surface area contributed by atoms with E-state index in [1.165, 1.54) is 7.11 Å². The van der Waals surface area contributed by atoms with E-state index in [1.807, 2.05) is 18.0 Å². The third-order valence-electron chi connectivity index (χ3n) is 4.01. The van der Waals surface area contributed by atoms with E-state index in [1.54, 1.807) is 18.2 Å². The van der Waals surface area contributed by atoms with Crippen molar-refractivity contribution in [2.75, 3.05) is 20.7 Å². The number of aliphatic imine (C=N–C) groups is 1. The van der Waals surface area contributed by atoms with Crippen molar-refractivity contribution in [3.05, 3.63) is 29.8 Å². The van der Waals surface area contributed by atoms with E-state index in [-0.39, 0.29) is 5.92 Å². The molecule has 2 aliphatic heterocycles. The van der Waals surface area contributed by atoms with Gasteiger partial charge in [-0.1, -0.05) is 18.2 Å². The van der Waals surface area contributed by atoms with Gasteiger partial charge in [-0.15, -0.1) is 0 Å². The largest absolute Gasteiger partial charge is 0.467 e. The summed E-state index contributed by atoms with van der Waals surface area (Å²) in [5, 5.41) is 11.0. The summed E-state index contributed by atoms with van der Waals surface area (Å²) in [6, 6.07) is 7.19. The van der Waals surface area contributed by atoms with Crippen LogP contribution < -0.4 is 0 Å². The zero-order chi connectivity index (χ0) is 13.6. The maximum absolute atomic E-state index is 12.2. The van der Waals surface area contributed by atoms with Gasteiger partial charge in [-0.2, -0.15) is 0 Å². The summed E-state index contributed by atoms with van der Waals surface area (Å²) in [5.74, 6) is -0.195. The number of benzene rings is 1. The third-order valence-corrected chi connectivity index (χ3v) is 4.01. The van der Waals surface area contributed by atoms with Crippen LogP contribution >= 0.6 is 0 Å². The number of carbonyl (C=O) groups is 1. The van der Waals surface area contributed by atoms with Gasteiger partial charge in [0.1, 0.15) is 5.84 Å². The van der Waals surface area contributed by atoms with Crippen molar-refractivity contribution >= 4 is 17.5 Å². The van der Waals surface area contributed by atoms with Crippen LogP contribution in [0.15, 0.2) is 29.3 Å². The van der Waals surface area contributed by atoms with Gasteiger partial charge in [-0.05, 0) is 12.5 Å². The number of ether oxygens (including phenoxy) is 1. The normalized spacial score (nSPS) is 28.5. The van der Waals surface area contributed by atoms with Gasteiger partial charge < -0.3 is 14.7 Å². The summed E-state index contributed by atoms with van der Waals surface area (Å²) >= 11 is 0. The van der Waals surface area contributed by atoms with E-state index in [2.05, 4.69) is 4.99 Å². The molecule has 2 heterocycles. The summed E-state index contributed by atoms with van der Waals surface area (Å²) in [6.07, 6.45) is 0.690. The molecular formula is C14H16N2O3. The molecule has 5 heteroatoms. The van der Waals surface area contributed by atoms with Gasteiger partial charge in [0.25, 0.3) is 0 Å². The molecule has 1 saturated heterocycles. The fourth-order valence-electron chi connectivity index (χ4n) is 3.00. The van der Waals surface area contributed by atoms with Crippen molar-refractivity contribution in [1.29, 1.82) is 0 Å². The van der Waals surface area contributed by atoms with Crippen LogP contribution in [0.3, 0.4) is 0 Å². The molecule has 0 amide bonds. The Morgan fingerprint density at radius 2 is 2.26 bits per heavy atom. The van der Waals surface area contributed by atoms with Gasteiger partial charge in [0.2, 0.25) is 0 Å². The fourth-order valence-corrected chi connectivity index (χ4v) is 3.00. The van der Waals surface area contributed by atoms with Crippen LogP contribution in [0.5, 0.6) is 0 Å². The van der Waals surface area contributed by atoms with Gasteiger partial charge in [0, 0.05) is 19.2 Å². The Hall–Kier alpha value is -1.88. The lowest BCUT2D eigenvalue weighted by Gasteiger charge is -2.36. The van der Waals surface area contributed by atoms with Gasteiger partial charge >= 0.3 is 5.97 Å². The Morgan fingerprint density at radius 1 is 1.53 bits per heavy atom. The molecule has 0 aliphatic carbocycles. The maximum atomic E-state index is 12.2. The quantitative estimate of drug-likeness (QED) is 0.766. The molecular weight excluding hydrogens is 244 g/mol. The lowest BCUT2D eigenvalue weighted by atomic mass is 9.77. The number of esters is 1. The average molecular weight is 260 g/mol. The summed E-state index contributed by atoms with van der Waals surface area (Å²) < 4.78 is 4.83. The third kappa shape index (κ3) is 1.51. The van der Waals surface area contributed by atoms with Crippen molar-refractivity contribution < 1.29 is 14.6 Å². The van der Waals surface area contributed by atoms with Gasteiger partial charge in [0.15, 0.2) is 5.60 Å². The number of aliphatic hydroxyl groups is 1. The van der Waals surface area contributed by atoms with E-state index in [0.29, 0.717) is 17.7 Å². The molecule has 0 aromatic heterocycles. The number of para-hydroxylation sites is 1. The van der Waals surface area contributed by atoms with Crippen LogP contribution in [0.25, 0.3) is 0 Å². The van der Waals surface area contributed by atoms with E-state index >= 15 is 0 Å². The monoisotopic (exact) mass is 260 g/mol. The fraction of sp³-hybridized carbons (Fsp3) is 0.429. The number of likely N-dealkylation sites (tertiary alicyclic amines) is 1. The lowest BCUT2D eigenvalue weighted by molar-refractivity contribution is -0.167. The molecule has 2 atom stereocenters. The predicted octanol–water partition coefficient (Wildman–Crippen LogP) is 1.04. The summed E-state index contributed by atoms with van der Waals surface area (Å²) in [5.41, 5.74) is -0.464. The topological polar surface area (TPSA) is 62.1 Å². The molecule has 19 heavy (non-hydrogen) atoms. The molecule has 1 aromatic rings. The van der Waals surface area contributed by atoms with Crippen molar-refractivity contribution in [3.63, 3.8) is 0 Å². The van der Waals surface area contributed by atoms with Crippen molar-refractivity contribution in [1.82, 2.24) is 4.90 Å². The SMILES string of the molecule is COC(=O)[C@@]1(O)c2ccccc2N=C2[C@H]1CCN2C. The van der Waals surface area contributed by atoms with Crippen molar-refractivity contribution in [2.45, 2.75) is 12.0 Å². The molecule has 0 bridgehead atoms. The molecule has 0 saturated carbocycles. The highest BCUT2D eigenvalue weighted by Gasteiger charge is 2.54. The second-order valence-corrected chi connectivity index (χ2v) is 5.01. The van der Waals surface area contributed by atoms with E-state index in [4.69, 9.17) is 4.74 Å². The molecule has 0 spiro atoms. The first-order valence-corrected chi connectivity index (χ1v) is 6.29. The molecule has 100 valence electrons. The molecule has 5 nitrogen and oxygen atoms in total. The van der Waals surface area contributed by atoms with Crippen molar-refractivity contribution in [2.24, 2.45) is 10.9 Å². The molecule has 2 aliphatic rings. The van der Waals surface area contributed by atoms with Crippen LogP contribution in [0.2, 0.25) is 0 Å². The summed E-state index contributed by atoms with van der Waals surface area (Å²) in [7, 11) is 3.22. The number of hydrogen-bond acceptors (Lipinski definition) is 5. The Bertz CT molecular complexity index is 570. The summed E-state index contributed by atoms with van der Waals surface area (Å²) in [6.45, 7) is 0.775. The highest BCUT2D eigenvalue weighted by atomic mass is 16.5. The Labute approximate surface area is 111 Å². The van der Waals surface area contributed by atoms with Crippen LogP contribution in [-0.2, 0) is 15.1 Å². The first-order chi connectivity index (χ1) is 9.09. The van der Waals surface area contributed by atoms with Crippen LogP contribution in [0.4, 0.5) is 5.69 Å². The van der Waals surface area contributed by atoms with E-state index in [0.717, 1.165) is 12.4 Å². The van der Waals surface area contributed by atoms with Crippen molar-refractivity contribution in [3.8, 4) is 0 Å². The van der Waals surface area contributed by atoms with Gasteiger partial charge in [-0.3, -0.25) is 0 Å². The van der Waals surface area contributed by atoms with Crippen LogP contribution in [0.1, 0.15) is 12.0 Å². The number of methoxy groups -OCH3 is 1. The van der Waals surface area contributed by atoms with E-state index < -0.39 is 11.6 Å². The number of fused-ring (bicyclic) bond motifs is 2. The predicted molar refractivity (Wildman–Crippen MR) is 70.2 cm³/mol. The van der Waals surface area contributed by atoms with E-state index in [9.17, 15) is 9.90 Å². The smallest absolute Gasteiger partial charge is 0.343 e. The molecule has 1 aromatic carbocycles. The minimum Gasteiger partial charge on any atom is -0.467 e. The highest BCUT2D eigenvalue weighted by Crippen LogP contribution is 2.46. The number of amidine groups is 1. The number of hydrogen-bond donors (Lipinski definition) is 1. The number of carbonyl (C=O) groups excluding carboxylic acids is 1. The Morgan fingerprint density at radius 3 is 3.00 bits per heavy atom. The van der Waals surface area contributed by atoms with Crippen LogP contribution in [0, 0.1) is 5.92 Å². The molecule has 0 unspecified atom stereocenters. The molecule has 3 rings (SSSR count). The second kappa shape index (κ2) is 4.06. The summed E-state index contributed by atoms with van der Waals surface area (Å²) in [4.78, 5) is 18.7. The first-order valence-electron chi connectivity index (χ1n) is 6.29. The minimum absolute atomic E-state index is 0.333. The molecule has 1 N–H and O–H groups in total. The van der Waals surface area contributed by atoms with Gasteiger partial charge in [0.05, 0.1) is 18.7 Å². The number of rotatable bonds is 1. The minimum atomic E-state index is -1.63. The highest BCUT2D eigenvalue weighted by molar-refractivity contribution is 5.99. The second-order valence-electron chi connectivity index (χ2n) is 5.01. The standard InChI is InChI=1S/C14H16N2O3/c1-16-8-7-10-12(16)15-11-6-4-3-5-9(11)14(10,18)13(17)19-2/h3-6,10,18H,7-8H2,1-2H3/t10-,14-/m1/s1.